The maximum absolute atomic E-state index is 9.81. The summed E-state index contributed by atoms with van der Waals surface area (Å²) in [5, 5.41) is 18.3. The molecule has 1 aromatic heterocycles. The van der Waals surface area contributed by atoms with E-state index in [4.69, 9.17) is 5.26 Å². The number of hydrogen-bond donors (Lipinski definition) is 1. The predicted molar refractivity (Wildman–Crippen MR) is 55.9 cm³/mol. The van der Waals surface area contributed by atoms with Crippen LogP contribution >= 0.6 is 0 Å². The van der Waals surface area contributed by atoms with Crippen molar-refractivity contribution >= 4 is 0 Å². The van der Waals surface area contributed by atoms with E-state index in [1.807, 2.05) is 25.4 Å². The van der Waals surface area contributed by atoms with Gasteiger partial charge in [-0.15, -0.1) is 0 Å². The maximum Gasteiger partial charge on any atom is 0.103 e. The smallest absolute Gasteiger partial charge is 0.103 e. The third kappa shape index (κ3) is 2.04. The van der Waals surface area contributed by atoms with Gasteiger partial charge in [-0.1, -0.05) is 0 Å². The van der Waals surface area contributed by atoms with Gasteiger partial charge in [0.25, 0.3) is 0 Å². The minimum Gasteiger partial charge on any atom is -0.386 e. The van der Waals surface area contributed by atoms with E-state index in [0.717, 1.165) is 6.54 Å². The fourth-order valence-electron chi connectivity index (χ4n) is 2.05. The molecule has 1 aliphatic heterocycles. The van der Waals surface area contributed by atoms with Crippen LogP contribution in [0.1, 0.15) is 12.1 Å². The summed E-state index contributed by atoms with van der Waals surface area (Å²) >= 11 is 0. The number of β-amino-alcohol motifs (C(OH)–C–C–N with tert-alkyl or cyclic N) is 1. The highest BCUT2D eigenvalue weighted by Gasteiger charge is 2.40. The second-order valence-corrected chi connectivity index (χ2v) is 4.31. The molecule has 0 unspecified atom stereocenters. The number of hydrogen-bond acceptors (Lipinski definition) is 3. The summed E-state index contributed by atoms with van der Waals surface area (Å²) in [6.07, 6.45) is 2.24. The molecule has 0 saturated carbocycles. The molecule has 1 saturated heterocycles. The van der Waals surface area contributed by atoms with E-state index in [1.165, 1.54) is 5.69 Å². The highest BCUT2D eigenvalue weighted by atomic mass is 16.3. The van der Waals surface area contributed by atoms with Crippen molar-refractivity contribution < 1.29 is 5.11 Å². The van der Waals surface area contributed by atoms with Crippen LogP contribution in [-0.4, -0.2) is 33.3 Å². The van der Waals surface area contributed by atoms with Gasteiger partial charge in [-0.2, -0.15) is 5.26 Å². The Hall–Kier alpha value is -1.31. The number of rotatable bonds is 3. The molecule has 0 amide bonds. The van der Waals surface area contributed by atoms with Gasteiger partial charge in [0.2, 0.25) is 0 Å². The Balaban J connectivity index is 1.87. The molecule has 4 nitrogen and oxygen atoms in total. The van der Waals surface area contributed by atoms with Crippen molar-refractivity contribution in [3.05, 3.63) is 24.0 Å². The molecule has 0 atom stereocenters. The molecule has 0 radical (unpaired) electrons. The van der Waals surface area contributed by atoms with Crippen LogP contribution in [0.5, 0.6) is 0 Å². The SMILES string of the molecule is Cn1cccc1CN1CC(O)(CC#N)C1. The van der Waals surface area contributed by atoms with Crippen molar-refractivity contribution in [2.24, 2.45) is 7.05 Å². The summed E-state index contributed by atoms with van der Waals surface area (Å²) in [6, 6.07) is 6.10. The van der Waals surface area contributed by atoms with Crippen LogP contribution < -0.4 is 0 Å². The van der Waals surface area contributed by atoms with Crippen molar-refractivity contribution in [1.82, 2.24) is 9.47 Å². The van der Waals surface area contributed by atoms with E-state index in [0.29, 0.717) is 13.1 Å². The van der Waals surface area contributed by atoms with Crippen molar-refractivity contribution in [2.75, 3.05) is 13.1 Å². The van der Waals surface area contributed by atoms with E-state index in [-0.39, 0.29) is 6.42 Å². The third-order valence-electron chi connectivity index (χ3n) is 2.88. The average Bonchev–Trinajstić information content (AvgIpc) is 2.50. The highest BCUT2D eigenvalue weighted by molar-refractivity contribution is 5.09. The van der Waals surface area contributed by atoms with Crippen molar-refractivity contribution in [3.8, 4) is 6.07 Å². The summed E-state index contributed by atoms with van der Waals surface area (Å²) < 4.78 is 2.07. The van der Waals surface area contributed by atoms with E-state index in [9.17, 15) is 5.11 Å². The van der Waals surface area contributed by atoms with Gasteiger partial charge >= 0.3 is 0 Å². The number of nitrogens with zero attached hydrogens (tertiary/aromatic N) is 3. The molecule has 4 heteroatoms. The normalized spacial score (nSPS) is 19.5. The Morgan fingerprint density at radius 1 is 1.60 bits per heavy atom. The van der Waals surface area contributed by atoms with E-state index in [1.54, 1.807) is 0 Å². The first kappa shape index (κ1) is 10.2. The van der Waals surface area contributed by atoms with Crippen LogP contribution in [-0.2, 0) is 13.6 Å². The Kier molecular flexibility index (Phi) is 2.51. The Morgan fingerprint density at radius 3 is 2.87 bits per heavy atom. The van der Waals surface area contributed by atoms with Crippen LogP contribution in [0.15, 0.2) is 18.3 Å². The molecule has 80 valence electrons. The molecule has 0 bridgehead atoms. The van der Waals surface area contributed by atoms with Crippen molar-refractivity contribution in [2.45, 2.75) is 18.6 Å². The summed E-state index contributed by atoms with van der Waals surface area (Å²) in [5.74, 6) is 0. The Labute approximate surface area is 89.3 Å². The van der Waals surface area contributed by atoms with E-state index < -0.39 is 5.60 Å². The number of aryl methyl sites for hydroxylation is 1. The number of aromatic nitrogens is 1. The van der Waals surface area contributed by atoms with E-state index >= 15 is 0 Å². The molecule has 0 aliphatic carbocycles. The van der Waals surface area contributed by atoms with Gasteiger partial charge in [0.15, 0.2) is 0 Å². The summed E-state index contributed by atoms with van der Waals surface area (Å²) in [5.41, 5.74) is 0.467. The zero-order chi connectivity index (χ0) is 10.9. The van der Waals surface area contributed by atoms with Gasteiger partial charge in [0, 0.05) is 38.6 Å². The lowest BCUT2D eigenvalue weighted by atomic mass is 9.91. The molecule has 15 heavy (non-hydrogen) atoms. The molecule has 1 aromatic rings. The second-order valence-electron chi connectivity index (χ2n) is 4.31. The number of aliphatic hydroxyl groups is 1. The summed E-state index contributed by atoms with van der Waals surface area (Å²) in [4.78, 5) is 2.15. The zero-order valence-corrected chi connectivity index (χ0v) is 8.85. The molecule has 1 N–H and O–H groups in total. The predicted octanol–water partition coefficient (Wildman–Crippen LogP) is 0.485. The fourth-order valence-corrected chi connectivity index (χ4v) is 2.05. The van der Waals surface area contributed by atoms with Gasteiger partial charge in [0.1, 0.15) is 5.60 Å². The largest absolute Gasteiger partial charge is 0.386 e. The quantitative estimate of drug-likeness (QED) is 0.781. The van der Waals surface area contributed by atoms with Crippen molar-refractivity contribution in [3.63, 3.8) is 0 Å². The maximum atomic E-state index is 9.81. The van der Waals surface area contributed by atoms with Crippen molar-refractivity contribution in [1.29, 1.82) is 5.26 Å². The molecule has 0 spiro atoms. The third-order valence-corrected chi connectivity index (χ3v) is 2.88. The summed E-state index contributed by atoms with van der Waals surface area (Å²) in [6.45, 7) is 2.05. The second kappa shape index (κ2) is 3.69. The monoisotopic (exact) mass is 205 g/mol. The molecule has 1 aliphatic rings. The minimum absolute atomic E-state index is 0.233. The molecular formula is C11H15N3O. The van der Waals surface area contributed by atoms with Crippen LogP contribution in [0.25, 0.3) is 0 Å². The highest BCUT2D eigenvalue weighted by Crippen LogP contribution is 2.25. The van der Waals surface area contributed by atoms with E-state index in [2.05, 4.69) is 15.5 Å². The van der Waals surface area contributed by atoms with Crippen LogP contribution in [0.3, 0.4) is 0 Å². The number of nitriles is 1. The minimum atomic E-state index is -0.764. The lowest BCUT2D eigenvalue weighted by Gasteiger charge is -2.45. The molecular weight excluding hydrogens is 190 g/mol. The van der Waals surface area contributed by atoms with Gasteiger partial charge in [0.05, 0.1) is 12.5 Å². The first-order valence-corrected chi connectivity index (χ1v) is 5.05. The molecule has 2 rings (SSSR count). The molecule has 2 heterocycles. The van der Waals surface area contributed by atoms with Crippen LogP contribution in [0, 0.1) is 11.3 Å². The van der Waals surface area contributed by atoms with Crippen LogP contribution in [0.2, 0.25) is 0 Å². The first-order chi connectivity index (χ1) is 7.13. The average molecular weight is 205 g/mol. The molecule has 0 aromatic carbocycles. The van der Waals surface area contributed by atoms with Gasteiger partial charge in [-0.05, 0) is 12.1 Å². The van der Waals surface area contributed by atoms with Gasteiger partial charge in [-0.3, -0.25) is 4.90 Å². The van der Waals surface area contributed by atoms with Crippen LogP contribution in [0.4, 0.5) is 0 Å². The lowest BCUT2D eigenvalue weighted by molar-refractivity contribution is -0.0981. The zero-order valence-electron chi connectivity index (χ0n) is 8.85. The first-order valence-electron chi connectivity index (χ1n) is 5.05. The number of likely N-dealkylation sites (tertiary alicyclic amines) is 1. The lowest BCUT2D eigenvalue weighted by Crippen LogP contribution is -2.60. The summed E-state index contributed by atoms with van der Waals surface area (Å²) in [7, 11) is 2.01. The van der Waals surface area contributed by atoms with Gasteiger partial charge in [-0.25, -0.2) is 0 Å². The Bertz CT molecular complexity index is 385. The standard InChI is InChI=1S/C11H15N3O/c1-13-6-2-3-10(13)7-14-8-11(15,9-14)4-5-12/h2-3,6,15H,4,7-9H2,1H3. The topological polar surface area (TPSA) is 52.2 Å². The fraction of sp³-hybridized carbons (Fsp3) is 0.545. The Morgan fingerprint density at radius 2 is 2.33 bits per heavy atom. The van der Waals surface area contributed by atoms with Gasteiger partial charge < -0.3 is 9.67 Å². The molecule has 1 fully saturated rings.